The van der Waals surface area contributed by atoms with Gasteiger partial charge in [-0.15, -0.1) is 0 Å². The highest BCUT2D eigenvalue weighted by Gasteiger charge is 2.06. The summed E-state index contributed by atoms with van der Waals surface area (Å²) in [5.41, 5.74) is 1.11. The summed E-state index contributed by atoms with van der Waals surface area (Å²) in [7, 11) is 4.05. The van der Waals surface area contributed by atoms with Gasteiger partial charge in [0.15, 0.2) is 0 Å². The molecule has 0 saturated heterocycles. The zero-order chi connectivity index (χ0) is 8.85. The van der Waals surface area contributed by atoms with Crippen LogP contribution < -0.4 is 5.32 Å². The van der Waals surface area contributed by atoms with Crippen molar-refractivity contribution >= 4 is 0 Å². The number of nitrogens with zero attached hydrogens (tertiary/aromatic N) is 1. The van der Waals surface area contributed by atoms with Crippen LogP contribution in [-0.2, 0) is 0 Å². The molecule has 1 atom stereocenters. The molecule has 1 N–H and O–H groups in total. The lowest BCUT2D eigenvalue weighted by atomic mass is 10.2. The van der Waals surface area contributed by atoms with Gasteiger partial charge < -0.3 is 10.2 Å². The molecule has 0 spiro atoms. The van der Waals surface area contributed by atoms with Crippen molar-refractivity contribution in [2.24, 2.45) is 0 Å². The van der Waals surface area contributed by atoms with Crippen molar-refractivity contribution in [1.29, 1.82) is 0 Å². The Bertz CT molecular complexity index is 121. The lowest BCUT2D eigenvalue weighted by Gasteiger charge is -2.23. The van der Waals surface area contributed by atoms with Gasteiger partial charge in [0.05, 0.1) is 0 Å². The maximum absolute atomic E-state index is 3.89. The van der Waals surface area contributed by atoms with Gasteiger partial charge in [0.2, 0.25) is 0 Å². The SMILES string of the molecule is C=C(CC(C)N(C)CC)NC. The third-order valence-electron chi connectivity index (χ3n) is 2.15. The number of rotatable bonds is 5. The summed E-state index contributed by atoms with van der Waals surface area (Å²) in [6, 6.07) is 0.583. The zero-order valence-corrected chi connectivity index (χ0v) is 8.15. The van der Waals surface area contributed by atoms with Crippen LogP contribution in [0.25, 0.3) is 0 Å². The smallest absolute Gasteiger partial charge is 0.0118 e. The Morgan fingerprint density at radius 1 is 1.64 bits per heavy atom. The minimum atomic E-state index is 0.583. The minimum Gasteiger partial charge on any atom is -0.392 e. The zero-order valence-electron chi connectivity index (χ0n) is 8.15. The molecule has 11 heavy (non-hydrogen) atoms. The van der Waals surface area contributed by atoms with E-state index in [2.05, 4.69) is 37.7 Å². The van der Waals surface area contributed by atoms with Crippen molar-refractivity contribution in [1.82, 2.24) is 10.2 Å². The molecule has 66 valence electrons. The van der Waals surface area contributed by atoms with Gasteiger partial charge >= 0.3 is 0 Å². The maximum atomic E-state index is 3.89. The summed E-state index contributed by atoms with van der Waals surface area (Å²) in [6.45, 7) is 9.37. The van der Waals surface area contributed by atoms with Gasteiger partial charge in [-0.2, -0.15) is 0 Å². The predicted octanol–water partition coefficient (Wildman–Crippen LogP) is 1.45. The molecule has 0 aromatic heterocycles. The Morgan fingerprint density at radius 3 is 2.55 bits per heavy atom. The quantitative estimate of drug-likeness (QED) is 0.648. The van der Waals surface area contributed by atoms with Crippen molar-refractivity contribution in [3.63, 3.8) is 0 Å². The second kappa shape index (κ2) is 5.19. The van der Waals surface area contributed by atoms with Crippen LogP contribution in [0.2, 0.25) is 0 Å². The molecule has 0 fully saturated rings. The van der Waals surface area contributed by atoms with E-state index < -0.39 is 0 Å². The van der Waals surface area contributed by atoms with Crippen molar-refractivity contribution in [2.45, 2.75) is 26.3 Å². The van der Waals surface area contributed by atoms with E-state index in [1.54, 1.807) is 0 Å². The third kappa shape index (κ3) is 4.04. The topological polar surface area (TPSA) is 15.3 Å². The van der Waals surface area contributed by atoms with Crippen LogP contribution in [-0.4, -0.2) is 31.6 Å². The summed E-state index contributed by atoms with van der Waals surface area (Å²) in [6.07, 6.45) is 1.03. The first-order valence-corrected chi connectivity index (χ1v) is 4.17. The highest BCUT2D eigenvalue weighted by atomic mass is 15.1. The lowest BCUT2D eigenvalue weighted by molar-refractivity contribution is 0.267. The van der Waals surface area contributed by atoms with Crippen LogP contribution in [0.3, 0.4) is 0 Å². The van der Waals surface area contributed by atoms with Crippen molar-refractivity contribution in [3.05, 3.63) is 12.3 Å². The Labute approximate surface area is 70.3 Å². The number of nitrogens with one attached hydrogen (secondary N) is 1. The highest BCUT2D eigenvalue weighted by molar-refractivity contribution is 4.92. The molecule has 1 unspecified atom stereocenters. The van der Waals surface area contributed by atoms with E-state index in [4.69, 9.17) is 0 Å². The molecule has 2 heteroatoms. The van der Waals surface area contributed by atoms with Gasteiger partial charge in [0.1, 0.15) is 0 Å². The first kappa shape index (κ1) is 10.5. The molecule has 0 bridgehead atoms. The molecule has 0 aromatic rings. The Morgan fingerprint density at radius 2 is 2.18 bits per heavy atom. The average molecular weight is 156 g/mol. The molecular weight excluding hydrogens is 136 g/mol. The second-order valence-corrected chi connectivity index (χ2v) is 2.98. The average Bonchev–Trinajstić information content (AvgIpc) is 2.02. The fourth-order valence-corrected chi connectivity index (χ4v) is 0.926. The predicted molar refractivity (Wildman–Crippen MR) is 50.6 cm³/mol. The van der Waals surface area contributed by atoms with E-state index >= 15 is 0 Å². The summed E-state index contributed by atoms with van der Waals surface area (Å²) in [5.74, 6) is 0. The van der Waals surface area contributed by atoms with E-state index in [0.717, 1.165) is 18.7 Å². The van der Waals surface area contributed by atoms with Gasteiger partial charge in [0.25, 0.3) is 0 Å². The van der Waals surface area contributed by atoms with Crippen LogP contribution in [0.15, 0.2) is 12.3 Å². The third-order valence-corrected chi connectivity index (χ3v) is 2.15. The fourth-order valence-electron chi connectivity index (χ4n) is 0.926. The molecule has 0 saturated carbocycles. The Balaban J connectivity index is 3.67. The summed E-state index contributed by atoms with van der Waals surface area (Å²) in [4.78, 5) is 2.31. The van der Waals surface area contributed by atoms with Crippen LogP contribution >= 0.6 is 0 Å². The van der Waals surface area contributed by atoms with E-state index in [1.165, 1.54) is 0 Å². The van der Waals surface area contributed by atoms with E-state index in [0.29, 0.717) is 6.04 Å². The van der Waals surface area contributed by atoms with E-state index in [9.17, 15) is 0 Å². The first-order valence-electron chi connectivity index (χ1n) is 4.17. The van der Waals surface area contributed by atoms with Gasteiger partial charge in [-0.3, -0.25) is 0 Å². The molecule has 0 rings (SSSR count). The second-order valence-electron chi connectivity index (χ2n) is 2.98. The Hall–Kier alpha value is -0.500. The number of hydrogen-bond donors (Lipinski definition) is 1. The normalized spacial score (nSPS) is 13.2. The summed E-state index contributed by atoms with van der Waals surface area (Å²) in [5, 5.41) is 3.05. The van der Waals surface area contributed by atoms with Crippen LogP contribution in [0.1, 0.15) is 20.3 Å². The van der Waals surface area contributed by atoms with Crippen molar-refractivity contribution in [2.75, 3.05) is 20.6 Å². The van der Waals surface area contributed by atoms with Gasteiger partial charge in [-0.05, 0) is 20.5 Å². The fraction of sp³-hybridized carbons (Fsp3) is 0.778. The molecule has 0 aliphatic heterocycles. The minimum absolute atomic E-state index is 0.583. The Kier molecular flexibility index (Phi) is 4.95. The van der Waals surface area contributed by atoms with Crippen molar-refractivity contribution in [3.8, 4) is 0 Å². The summed E-state index contributed by atoms with van der Waals surface area (Å²) < 4.78 is 0. The lowest BCUT2D eigenvalue weighted by Crippen LogP contribution is -2.30. The van der Waals surface area contributed by atoms with Crippen LogP contribution in [0.5, 0.6) is 0 Å². The van der Waals surface area contributed by atoms with Gasteiger partial charge in [-0.25, -0.2) is 0 Å². The largest absolute Gasteiger partial charge is 0.392 e. The van der Waals surface area contributed by atoms with E-state index in [1.807, 2.05) is 7.05 Å². The molecule has 0 aliphatic rings. The molecule has 0 aliphatic carbocycles. The standard InChI is InChI=1S/C9H20N2/c1-6-11(5)9(3)7-8(2)10-4/h9-10H,2,6-7H2,1,3-5H3. The van der Waals surface area contributed by atoms with Crippen LogP contribution in [0, 0.1) is 0 Å². The molecule has 0 heterocycles. The molecule has 0 aromatic carbocycles. The monoisotopic (exact) mass is 156 g/mol. The van der Waals surface area contributed by atoms with E-state index in [-0.39, 0.29) is 0 Å². The maximum Gasteiger partial charge on any atom is 0.0118 e. The van der Waals surface area contributed by atoms with Crippen LogP contribution in [0.4, 0.5) is 0 Å². The molecule has 0 radical (unpaired) electrons. The van der Waals surface area contributed by atoms with Crippen molar-refractivity contribution < 1.29 is 0 Å². The van der Waals surface area contributed by atoms with Gasteiger partial charge in [0, 0.05) is 25.2 Å². The number of hydrogen-bond acceptors (Lipinski definition) is 2. The van der Waals surface area contributed by atoms with Gasteiger partial charge in [-0.1, -0.05) is 13.5 Å². The molecule has 0 amide bonds. The first-order chi connectivity index (χ1) is 5.11. The highest BCUT2D eigenvalue weighted by Crippen LogP contribution is 2.04. The molecular formula is C9H20N2. The molecule has 2 nitrogen and oxygen atoms in total. The summed E-state index contributed by atoms with van der Waals surface area (Å²) >= 11 is 0.